The molecule has 5 amide bonds. The average Bonchev–Trinajstić information content (AvgIpc) is 3.44. The second-order valence-electron chi connectivity index (χ2n) is 10.4. The fraction of sp³-hybridized carbons (Fsp3) is 0.267. The summed E-state index contributed by atoms with van der Waals surface area (Å²) in [7, 11) is 0. The number of nitrogens with zero attached hydrogens (tertiary/aromatic N) is 3. The molecular formula is C30H25F3N4O4. The lowest BCUT2D eigenvalue weighted by molar-refractivity contribution is -0.136. The third-order valence-electron chi connectivity index (χ3n) is 7.82. The molecule has 3 aliphatic heterocycles. The highest BCUT2D eigenvalue weighted by atomic mass is 19.1. The Morgan fingerprint density at radius 3 is 2.20 bits per heavy atom. The van der Waals surface area contributed by atoms with Crippen LogP contribution >= 0.6 is 0 Å². The number of hydrogen-bond acceptors (Lipinski definition) is 4. The van der Waals surface area contributed by atoms with E-state index in [9.17, 15) is 28.0 Å². The second kappa shape index (κ2) is 10.4. The molecule has 0 aliphatic carbocycles. The Labute approximate surface area is 233 Å². The number of benzene rings is 3. The third kappa shape index (κ3) is 4.92. The van der Waals surface area contributed by atoms with Crippen LogP contribution in [0.15, 0.2) is 60.7 Å². The molecule has 3 heterocycles. The number of halogens is 3. The van der Waals surface area contributed by atoms with Crippen LogP contribution < -0.4 is 5.32 Å². The number of carbonyl (C=O) groups excluding carboxylic acids is 4. The van der Waals surface area contributed by atoms with Crippen LogP contribution in [-0.2, 0) is 22.7 Å². The van der Waals surface area contributed by atoms with Crippen molar-refractivity contribution < 1.29 is 32.3 Å². The van der Waals surface area contributed by atoms with Gasteiger partial charge in [-0.2, -0.15) is 0 Å². The molecule has 41 heavy (non-hydrogen) atoms. The van der Waals surface area contributed by atoms with Crippen LogP contribution in [-0.4, -0.2) is 57.6 Å². The fourth-order valence-electron chi connectivity index (χ4n) is 5.86. The molecular weight excluding hydrogens is 537 g/mol. The Hall–Kier alpha value is -4.67. The van der Waals surface area contributed by atoms with Gasteiger partial charge in [0, 0.05) is 37.2 Å². The molecule has 0 spiro atoms. The molecule has 11 heteroatoms. The lowest BCUT2D eigenvalue weighted by Gasteiger charge is -2.29. The summed E-state index contributed by atoms with van der Waals surface area (Å²) in [6.45, 7) is 0.484. The van der Waals surface area contributed by atoms with Crippen LogP contribution in [0.3, 0.4) is 0 Å². The Balaban J connectivity index is 1.23. The van der Waals surface area contributed by atoms with Gasteiger partial charge in [-0.15, -0.1) is 0 Å². The van der Waals surface area contributed by atoms with Crippen molar-refractivity contribution in [1.29, 1.82) is 0 Å². The van der Waals surface area contributed by atoms with Crippen LogP contribution in [0.5, 0.6) is 0 Å². The number of nitrogens with one attached hydrogen (secondary N) is 1. The van der Waals surface area contributed by atoms with Gasteiger partial charge in [0.25, 0.3) is 5.91 Å². The number of hydrogen-bond donors (Lipinski definition) is 1. The zero-order valence-corrected chi connectivity index (χ0v) is 21.8. The summed E-state index contributed by atoms with van der Waals surface area (Å²) in [6.07, 6.45) is 0.297. The van der Waals surface area contributed by atoms with Gasteiger partial charge < -0.3 is 14.7 Å². The van der Waals surface area contributed by atoms with Crippen LogP contribution in [0.4, 0.5) is 18.0 Å². The Kier molecular flexibility index (Phi) is 6.72. The number of rotatable bonds is 6. The normalized spacial score (nSPS) is 18.9. The average molecular weight is 563 g/mol. The van der Waals surface area contributed by atoms with Crippen molar-refractivity contribution in [2.24, 2.45) is 0 Å². The van der Waals surface area contributed by atoms with Crippen LogP contribution in [0, 0.1) is 17.5 Å². The molecule has 0 bridgehead atoms. The van der Waals surface area contributed by atoms with Gasteiger partial charge in [-0.1, -0.05) is 24.3 Å². The topological polar surface area (TPSA) is 90.0 Å². The standard InChI is InChI=1S/C30H25F3N4O4/c31-21-5-1-3-17(12-21)27(18-4-2-6-22(32)13-18)36-10-9-35(30(36)41)15-20-11-19-16-37(29(40)23(19)14-24(20)33)25-7-8-26(38)34-28(25)39/h1-6,11-14,25,27H,7-10,15-16H2,(H,34,38,39). The molecule has 1 N–H and O–H groups in total. The molecule has 0 radical (unpaired) electrons. The van der Waals surface area contributed by atoms with E-state index in [2.05, 4.69) is 5.32 Å². The summed E-state index contributed by atoms with van der Waals surface area (Å²) in [6, 6.07) is 12.2. The predicted octanol–water partition coefficient (Wildman–Crippen LogP) is 3.89. The highest BCUT2D eigenvalue weighted by molar-refractivity contribution is 6.05. The van der Waals surface area contributed by atoms with Gasteiger partial charge in [0.1, 0.15) is 23.5 Å². The molecule has 0 saturated carbocycles. The van der Waals surface area contributed by atoms with E-state index >= 15 is 4.39 Å². The van der Waals surface area contributed by atoms with E-state index in [-0.39, 0.29) is 50.1 Å². The van der Waals surface area contributed by atoms with Crippen molar-refractivity contribution in [2.45, 2.75) is 38.0 Å². The zero-order valence-electron chi connectivity index (χ0n) is 21.8. The largest absolute Gasteiger partial charge is 0.322 e. The summed E-state index contributed by atoms with van der Waals surface area (Å²) in [5.74, 6) is -3.10. The minimum atomic E-state index is -0.824. The summed E-state index contributed by atoms with van der Waals surface area (Å²) in [5, 5.41) is 2.24. The number of urea groups is 1. The first-order valence-corrected chi connectivity index (χ1v) is 13.2. The lowest BCUT2D eigenvalue weighted by atomic mass is 9.97. The van der Waals surface area contributed by atoms with E-state index in [1.165, 1.54) is 57.2 Å². The van der Waals surface area contributed by atoms with Crippen molar-refractivity contribution in [3.8, 4) is 0 Å². The Bertz CT molecular complexity index is 1550. The van der Waals surface area contributed by atoms with E-state index in [0.717, 1.165) is 6.07 Å². The molecule has 0 aromatic heterocycles. The predicted molar refractivity (Wildman–Crippen MR) is 140 cm³/mol. The molecule has 210 valence electrons. The monoisotopic (exact) mass is 562 g/mol. The third-order valence-corrected chi connectivity index (χ3v) is 7.82. The van der Waals surface area contributed by atoms with E-state index in [0.29, 0.717) is 16.7 Å². The number of fused-ring (bicyclic) bond motifs is 1. The molecule has 1 atom stereocenters. The Morgan fingerprint density at radius 2 is 1.56 bits per heavy atom. The van der Waals surface area contributed by atoms with Crippen LogP contribution in [0.2, 0.25) is 0 Å². The fourth-order valence-corrected chi connectivity index (χ4v) is 5.86. The van der Waals surface area contributed by atoms with E-state index < -0.39 is 53.3 Å². The van der Waals surface area contributed by atoms with E-state index in [4.69, 9.17) is 0 Å². The van der Waals surface area contributed by atoms with Gasteiger partial charge in [0.15, 0.2) is 0 Å². The van der Waals surface area contributed by atoms with Crippen LogP contribution in [0.25, 0.3) is 0 Å². The number of piperidine rings is 1. The quantitative estimate of drug-likeness (QED) is 0.462. The van der Waals surface area contributed by atoms with Gasteiger partial charge in [0.05, 0.1) is 12.6 Å². The summed E-state index contributed by atoms with van der Waals surface area (Å²) in [4.78, 5) is 54.7. The number of amides is 5. The van der Waals surface area contributed by atoms with Gasteiger partial charge in [-0.05, 0) is 59.5 Å². The van der Waals surface area contributed by atoms with Crippen LogP contribution in [0.1, 0.15) is 51.5 Å². The maximum atomic E-state index is 15.2. The van der Waals surface area contributed by atoms with E-state index in [1.807, 2.05) is 0 Å². The van der Waals surface area contributed by atoms with Crippen molar-refractivity contribution in [2.75, 3.05) is 13.1 Å². The highest BCUT2D eigenvalue weighted by Gasteiger charge is 2.40. The summed E-state index contributed by atoms with van der Waals surface area (Å²) < 4.78 is 43.5. The molecule has 3 aliphatic rings. The van der Waals surface area contributed by atoms with Gasteiger partial charge in [0.2, 0.25) is 11.8 Å². The molecule has 3 aromatic rings. The molecule has 2 fully saturated rings. The molecule has 2 saturated heterocycles. The Morgan fingerprint density at radius 1 is 0.878 bits per heavy atom. The van der Waals surface area contributed by atoms with Gasteiger partial charge in [-0.3, -0.25) is 19.7 Å². The molecule has 1 unspecified atom stereocenters. The first-order valence-electron chi connectivity index (χ1n) is 13.2. The first kappa shape index (κ1) is 26.5. The molecule has 6 rings (SSSR count). The summed E-state index contributed by atoms with van der Waals surface area (Å²) in [5.41, 5.74) is 1.81. The smallest absolute Gasteiger partial charge is 0.321 e. The minimum absolute atomic E-state index is 0.0784. The summed E-state index contributed by atoms with van der Waals surface area (Å²) >= 11 is 0. The highest BCUT2D eigenvalue weighted by Crippen LogP contribution is 2.34. The van der Waals surface area contributed by atoms with Gasteiger partial charge in [-0.25, -0.2) is 18.0 Å². The van der Waals surface area contributed by atoms with E-state index in [1.54, 1.807) is 12.1 Å². The number of imide groups is 1. The maximum absolute atomic E-state index is 15.2. The zero-order chi connectivity index (χ0) is 28.8. The number of carbonyl (C=O) groups is 4. The van der Waals surface area contributed by atoms with Gasteiger partial charge >= 0.3 is 6.03 Å². The van der Waals surface area contributed by atoms with Crippen molar-refractivity contribution in [1.82, 2.24) is 20.0 Å². The molecule has 8 nitrogen and oxygen atoms in total. The second-order valence-corrected chi connectivity index (χ2v) is 10.4. The molecule has 3 aromatic carbocycles. The lowest BCUT2D eigenvalue weighted by Crippen LogP contribution is -2.52. The van der Waals surface area contributed by atoms with Crippen molar-refractivity contribution in [3.05, 3.63) is 106 Å². The van der Waals surface area contributed by atoms with Crippen molar-refractivity contribution >= 4 is 23.8 Å². The van der Waals surface area contributed by atoms with Crippen molar-refractivity contribution in [3.63, 3.8) is 0 Å². The first-order chi connectivity index (χ1) is 19.7. The minimum Gasteiger partial charge on any atom is -0.322 e. The SMILES string of the molecule is O=C1CCC(N2Cc3cc(CN4CCN(C(c5cccc(F)c5)c5cccc(F)c5)C4=O)c(F)cc3C2=O)C(=O)N1. The maximum Gasteiger partial charge on any atom is 0.321 e.